The lowest BCUT2D eigenvalue weighted by Gasteiger charge is -2.50. The highest BCUT2D eigenvalue weighted by atomic mass is 19.1. The number of pyridine rings is 1. The average molecular weight is 393 g/mol. The second kappa shape index (κ2) is 6.68. The number of hydrogen-bond donors (Lipinski definition) is 1. The summed E-state index contributed by atoms with van der Waals surface area (Å²) in [6.45, 7) is 2.34. The Kier molecular flexibility index (Phi) is 4.23. The zero-order valence-corrected chi connectivity index (χ0v) is 16.4. The van der Waals surface area contributed by atoms with Crippen molar-refractivity contribution in [1.29, 1.82) is 0 Å². The predicted molar refractivity (Wildman–Crippen MR) is 107 cm³/mol. The van der Waals surface area contributed by atoms with Gasteiger partial charge in [-0.15, -0.1) is 0 Å². The summed E-state index contributed by atoms with van der Waals surface area (Å²) >= 11 is 0. The lowest BCUT2D eigenvalue weighted by molar-refractivity contribution is 0.0884. The summed E-state index contributed by atoms with van der Waals surface area (Å²) in [6.07, 6.45) is 9.29. The van der Waals surface area contributed by atoms with Crippen molar-refractivity contribution in [2.45, 2.75) is 44.9 Å². The van der Waals surface area contributed by atoms with Gasteiger partial charge in [0.1, 0.15) is 11.6 Å². The lowest BCUT2D eigenvalue weighted by Crippen LogP contribution is -2.40. The van der Waals surface area contributed by atoms with Crippen LogP contribution in [0.15, 0.2) is 42.7 Å². The second-order valence-electron chi connectivity index (χ2n) is 8.85. The van der Waals surface area contributed by atoms with Crippen molar-refractivity contribution in [1.82, 2.24) is 4.98 Å². The number of aromatic nitrogens is 1. The topological polar surface area (TPSA) is 59.4 Å². The molecule has 29 heavy (non-hydrogen) atoms. The summed E-state index contributed by atoms with van der Waals surface area (Å²) in [5, 5.41) is 8.87. The van der Waals surface area contributed by atoms with Crippen LogP contribution in [0.1, 0.15) is 55.2 Å². The Morgan fingerprint density at radius 1 is 1.28 bits per heavy atom. The smallest absolute Gasteiger partial charge is 0.449 e. The number of rotatable bonds is 2. The van der Waals surface area contributed by atoms with E-state index in [1.165, 1.54) is 22.9 Å². The molecule has 5 heteroatoms. The number of carboxylic acid groups (broad SMARTS) is 1. The number of fused-ring (bicyclic) bond motifs is 5. The third kappa shape index (κ3) is 2.95. The fraction of sp³-hybridized carbons (Fsp3) is 0.417. The fourth-order valence-corrected chi connectivity index (χ4v) is 6.30. The molecule has 1 aromatic heterocycles. The molecule has 5 rings (SSSR count). The Balaban J connectivity index is 1.43. The van der Waals surface area contributed by atoms with Gasteiger partial charge in [0.15, 0.2) is 0 Å². The minimum Gasteiger partial charge on any atom is -0.449 e. The summed E-state index contributed by atoms with van der Waals surface area (Å²) in [6, 6.07) is 7.34. The van der Waals surface area contributed by atoms with Crippen LogP contribution in [0.2, 0.25) is 0 Å². The largest absolute Gasteiger partial charge is 0.511 e. The van der Waals surface area contributed by atoms with Crippen LogP contribution in [-0.4, -0.2) is 16.2 Å². The summed E-state index contributed by atoms with van der Waals surface area (Å²) < 4.78 is 18.6. The molecule has 0 radical (unpaired) electrons. The van der Waals surface area contributed by atoms with E-state index in [2.05, 4.69) is 24.1 Å². The molecule has 0 aliphatic heterocycles. The minimum atomic E-state index is -1.27. The predicted octanol–water partition coefficient (Wildman–Crippen LogP) is 5.83. The Hall–Kier alpha value is -2.69. The number of benzene rings is 1. The number of allylic oxidation sites excluding steroid dienone is 2. The van der Waals surface area contributed by atoms with Gasteiger partial charge in [0.2, 0.25) is 0 Å². The molecule has 1 N–H and O–H groups in total. The quantitative estimate of drug-likeness (QED) is 0.515. The highest BCUT2D eigenvalue weighted by molar-refractivity contribution is 5.72. The first-order chi connectivity index (χ1) is 14.0. The van der Waals surface area contributed by atoms with Gasteiger partial charge in [-0.05, 0) is 95.7 Å². The molecule has 0 unspecified atom stereocenters. The highest BCUT2D eigenvalue weighted by Gasteiger charge is 2.51. The van der Waals surface area contributed by atoms with Crippen molar-refractivity contribution >= 4 is 11.7 Å². The van der Waals surface area contributed by atoms with Crippen LogP contribution < -0.4 is 4.74 Å². The number of halogens is 1. The van der Waals surface area contributed by atoms with Gasteiger partial charge in [0.05, 0.1) is 6.20 Å². The third-order valence-electron chi connectivity index (χ3n) is 7.50. The Morgan fingerprint density at radius 2 is 2.14 bits per heavy atom. The maximum atomic E-state index is 13.8. The van der Waals surface area contributed by atoms with E-state index in [0.29, 0.717) is 23.5 Å². The molecule has 150 valence electrons. The van der Waals surface area contributed by atoms with Gasteiger partial charge in [-0.2, -0.15) is 0 Å². The number of aryl methyl sites for hydroxylation is 1. The normalized spacial score (nSPS) is 30.0. The summed E-state index contributed by atoms with van der Waals surface area (Å²) in [5.74, 6) is 1.74. The van der Waals surface area contributed by atoms with E-state index in [9.17, 15) is 9.18 Å². The minimum absolute atomic E-state index is 0.0561. The van der Waals surface area contributed by atoms with Crippen LogP contribution in [0, 0.1) is 23.1 Å². The third-order valence-corrected chi connectivity index (χ3v) is 7.50. The molecule has 1 heterocycles. The van der Waals surface area contributed by atoms with Crippen LogP contribution >= 0.6 is 0 Å². The van der Waals surface area contributed by atoms with Crippen LogP contribution in [0.4, 0.5) is 9.18 Å². The molecule has 2 aromatic rings. The number of carbonyl (C=O) groups is 1. The van der Waals surface area contributed by atoms with Gasteiger partial charge in [0, 0.05) is 6.20 Å². The monoisotopic (exact) mass is 393 g/mol. The molecular weight excluding hydrogens is 369 g/mol. The first kappa shape index (κ1) is 18.3. The van der Waals surface area contributed by atoms with E-state index in [1.54, 1.807) is 18.3 Å². The standard InChI is InChI=1S/C24H24FNO3/c1-24-9-8-19-18-5-3-17(29-23(27)28)11-14(18)2-4-20(19)22(24)7-6-21(24)15-10-16(25)13-26-12-15/h3,5-6,10-13,19-20,22H,2,4,7-9H2,1H3,(H,27,28)/t19-,20-,22+,24-/m1/s1. The van der Waals surface area contributed by atoms with E-state index in [4.69, 9.17) is 9.84 Å². The first-order valence-electron chi connectivity index (χ1n) is 10.3. The molecule has 4 nitrogen and oxygen atoms in total. The molecule has 0 spiro atoms. The van der Waals surface area contributed by atoms with Gasteiger partial charge >= 0.3 is 6.16 Å². The van der Waals surface area contributed by atoms with Crippen molar-refractivity contribution in [2.75, 3.05) is 0 Å². The SMILES string of the molecule is C[C@]12CC[C@@H]3c4ccc(OC(=O)O)cc4CC[C@H]3[C@@H]1CC=C2c1cncc(F)c1. The Labute approximate surface area is 169 Å². The summed E-state index contributed by atoms with van der Waals surface area (Å²) in [7, 11) is 0. The molecule has 1 fully saturated rings. The van der Waals surface area contributed by atoms with Crippen LogP contribution in [0.25, 0.3) is 5.57 Å². The van der Waals surface area contributed by atoms with E-state index in [0.717, 1.165) is 37.7 Å². The van der Waals surface area contributed by atoms with E-state index >= 15 is 0 Å². The number of ether oxygens (including phenoxy) is 1. The zero-order valence-electron chi connectivity index (χ0n) is 16.4. The molecule has 0 amide bonds. The first-order valence-corrected chi connectivity index (χ1v) is 10.3. The molecule has 3 aliphatic rings. The molecule has 0 bridgehead atoms. The maximum Gasteiger partial charge on any atom is 0.511 e. The molecular formula is C24H24FNO3. The fourth-order valence-electron chi connectivity index (χ4n) is 6.30. The van der Waals surface area contributed by atoms with E-state index in [-0.39, 0.29) is 11.2 Å². The van der Waals surface area contributed by atoms with Crippen LogP contribution in [-0.2, 0) is 6.42 Å². The average Bonchev–Trinajstić information content (AvgIpc) is 3.04. The van der Waals surface area contributed by atoms with Crippen molar-refractivity contribution in [3.8, 4) is 5.75 Å². The maximum absolute atomic E-state index is 13.8. The van der Waals surface area contributed by atoms with E-state index < -0.39 is 6.16 Å². The van der Waals surface area contributed by atoms with Gasteiger partial charge in [-0.1, -0.05) is 19.1 Å². The lowest BCUT2D eigenvalue weighted by atomic mass is 9.54. The molecule has 4 atom stereocenters. The van der Waals surface area contributed by atoms with Gasteiger partial charge < -0.3 is 9.84 Å². The van der Waals surface area contributed by atoms with Crippen molar-refractivity contribution in [3.05, 3.63) is 65.2 Å². The Morgan fingerprint density at radius 3 is 2.93 bits per heavy atom. The van der Waals surface area contributed by atoms with Crippen molar-refractivity contribution in [3.63, 3.8) is 0 Å². The number of hydrogen-bond acceptors (Lipinski definition) is 3. The Bertz CT molecular complexity index is 1020. The van der Waals surface area contributed by atoms with Gasteiger partial charge in [-0.3, -0.25) is 4.98 Å². The van der Waals surface area contributed by atoms with Crippen LogP contribution in [0.5, 0.6) is 5.75 Å². The second-order valence-corrected chi connectivity index (χ2v) is 8.85. The molecule has 1 saturated carbocycles. The molecule has 1 aromatic carbocycles. The van der Waals surface area contributed by atoms with E-state index in [1.807, 2.05) is 6.07 Å². The highest BCUT2D eigenvalue weighted by Crippen LogP contribution is 2.63. The molecule has 3 aliphatic carbocycles. The van der Waals surface area contributed by atoms with Crippen LogP contribution in [0.3, 0.4) is 0 Å². The summed E-state index contributed by atoms with van der Waals surface area (Å²) in [5.41, 5.74) is 4.79. The summed E-state index contributed by atoms with van der Waals surface area (Å²) in [4.78, 5) is 14.9. The van der Waals surface area contributed by atoms with Crippen molar-refractivity contribution in [2.24, 2.45) is 17.3 Å². The number of nitrogens with zero attached hydrogens (tertiary/aromatic N) is 1. The van der Waals surface area contributed by atoms with Gasteiger partial charge in [-0.25, -0.2) is 9.18 Å². The zero-order chi connectivity index (χ0) is 20.2. The molecule has 0 saturated heterocycles. The van der Waals surface area contributed by atoms with Crippen molar-refractivity contribution < 1.29 is 19.0 Å². The van der Waals surface area contributed by atoms with Gasteiger partial charge in [0.25, 0.3) is 0 Å².